The van der Waals surface area contributed by atoms with Crippen molar-refractivity contribution >= 4 is 11.8 Å². The standard InChI is InChI=1S/C10H12O2S.C4H6O/c11-9-6-12-7-10(9)13-8-4-2-1-3-5-8;1-2-4-5-3-1/h1-5,9-11H,6-7H2;1-2H,3-4H2/t9-,10-;/m1./s1. The van der Waals surface area contributed by atoms with Crippen molar-refractivity contribution in [1.29, 1.82) is 0 Å². The molecule has 0 saturated carbocycles. The molecule has 0 spiro atoms. The molecule has 2 atom stereocenters. The minimum Gasteiger partial charge on any atom is -0.389 e. The van der Waals surface area contributed by atoms with E-state index in [1.54, 1.807) is 11.8 Å². The molecule has 1 N–H and O–H groups in total. The van der Waals surface area contributed by atoms with Crippen LogP contribution in [0.1, 0.15) is 0 Å². The zero-order valence-corrected chi connectivity index (χ0v) is 11.0. The Bertz CT molecular complexity index is 361. The third-order valence-electron chi connectivity index (χ3n) is 2.63. The van der Waals surface area contributed by atoms with Crippen molar-refractivity contribution in [2.24, 2.45) is 0 Å². The van der Waals surface area contributed by atoms with Gasteiger partial charge in [-0.1, -0.05) is 30.4 Å². The molecule has 0 bridgehead atoms. The molecule has 2 aliphatic heterocycles. The lowest BCUT2D eigenvalue weighted by Crippen LogP contribution is -2.19. The molecule has 0 aromatic heterocycles. The number of benzene rings is 1. The van der Waals surface area contributed by atoms with Crippen LogP contribution in [0.15, 0.2) is 47.4 Å². The fourth-order valence-electron chi connectivity index (χ4n) is 1.65. The summed E-state index contributed by atoms with van der Waals surface area (Å²) in [5, 5.41) is 9.70. The first-order chi connectivity index (χ1) is 8.86. The maximum absolute atomic E-state index is 9.50. The second kappa shape index (κ2) is 7.59. The highest BCUT2D eigenvalue weighted by molar-refractivity contribution is 8.00. The van der Waals surface area contributed by atoms with Gasteiger partial charge in [-0.05, 0) is 12.1 Å². The molecule has 0 aliphatic carbocycles. The normalized spacial score (nSPS) is 25.8. The number of rotatable bonds is 2. The monoisotopic (exact) mass is 266 g/mol. The minimum absolute atomic E-state index is 0.197. The van der Waals surface area contributed by atoms with Gasteiger partial charge in [0.1, 0.15) is 0 Å². The van der Waals surface area contributed by atoms with Crippen LogP contribution >= 0.6 is 11.8 Å². The Labute approximate surface area is 112 Å². The number of hydrogen-bond acceptors (Lipinski definition) is 4. The van der Waals surface area contributed by atoms with E-state index in [4.69, 9.17) is 9.47 Å². The highest BCUT2D eigenvalue weighted by Crippen LogP contribution is 2.28. The van der Waals surface area contributed by atoms with E-state index >= 15 is 0 Å². The third kappa shape index (κ3) is 4.46. The molecule has 4 heteroatoms. The molecule has 2 aliphatic rings. The molecule has 18 heavy (non-hydrogen) atoms. The van der Waals surface area contributed by atoms with Crippen LogP contribution in [-0.4, -0.2) is 42.9 Å². The molecule has 1 aromatic rings. The quantitative estimate of drug-likeness (QED) is 0.832. The van der Waals surface area contributed by atoms with Crippen LogP contribution in [0.2, 0.25) is 0 Å². The second-order valence-electron chi connectivity index (χ2n) is 4.08. The predicted octanol–water partition coefficient (Wildman–Crippen LogP) is 2.11. The van der Waals surface area contributed by atoms with E-state index in [0.717, 1.165) is 13.2 Å². The second-order valence-corrected chi connectivity index (χ2v) is 5.40. The highest BCUT2D eigenvalue weighted by atomic mass is 32.2. The molecule has 3 nitrogen and oxygen atoms in total. The number of hydrogen-bond donors (Lipinski definition) is 1. The molecule has 0 amide bonds. The van der Waals surface area contributed by atoms with Crippen LogP contribution in [-0.2, 0) is 9.47 Å². The molecular weight excluding hydrogens is 248 g/mol. The van der Waals surface area contributed by atoms with Crippen molar-refractivity contribution < 1.29 is 14.6 Å². The summed E-state index contributed by atoms with van der Waals surface area (Å²) in [6.45, 7) is 2.77. The summed E-state index contributed by atoms with van der Waals surface area (Å²) in [6, 6.07) is 10.1. The van der Waals surface area contributed by atoms with Gasteiger partial charge in [0, 0.05) is 4.90 Å². The highest BCUT2D eigenvalue weighted by Gasteiger charge is 2.26. The Balaban J connectivity index is 0.000000202. The van der Waals surface area contributed by atoms with Crippen LogP contribution in [0.3, 0.4) is 0 Å². The first-order valence-corrected chi connectivity index (χ1v) is 6.94. The smallest absolute Gasteiger partial charge is 0.0917 e. The number of aliphatic hydroxyl groups excluding tert-OH is 1. The van der Waals surface area contributed by atoms with Crippen molar-refractivity contribution in [3.63, 3.8) is 0 Å². The number of aliphatic hydroxyl groups is 1. The van der Waals surface area contributed by atoms with Gasteiger partial charge in [-0.2, -0.15) is 0 Å². The summed E-state index contributed by atoms with van der Waals surface area (Å²) in [6.07, 6.45) is 3.71. The Kier molecular flexibility index (Phi) is 5.74. The number of ether oxygens (including phenoxy) is 2. The van der Waals surface area contributed by atoms with E-state index in [1.807, 2.05) is 30.4 Å². The molecule has 1 saturated heterocycles. The van der Waals surface area contributed by atoms with Crippen molar-refractivity contribution in [3.05, 3.63) is 42.5 Å². The molecule has 98 valence electrons. The van der Waals surface area contributed by atoms with E-state index in [1.165, 1.54) is 4.90 Å². The topological polar surface area (TPSA) is 38.7 Å². The fourth-order valence-corrected chi connectivity index (χ4v) is 2.71. The summed E-state index contributed by atoms with van der Waals surface area (Å²) < 4.78 is 10.0. The van der Waals surface area contributed by atoms with Crippen molar-refractivity contribution in [3.8, 4) is 0 Å². The molecule has 2 heterocycles. The summed E-state index contributed by atoms with van der Waals surface area (Å²) in [5.41, 5.74) is 0. The number of thioether (sulfide) groups is 1. The van der Waals surface area contributed by atoms with Gasteiger partial charge in [-0.15, -0.1) is 11.8 Å². The largest absolute Gasteiger partial charge is 0.389 e. The third-order valence-corrected chi connectivity index (χ3v) is 3.92. The van der Waals surface area contributed by atoms with Gasteiger partial charge in [0.2, 0.25) is 0 Å². The van der Waals surface area contributed by atoms with Gasteiger partial charge >= 0.3 is 0 Å². The first kappa shape index (κ1) is 13.6. The van der Waals surface area contributed by atoms with Gasteiger partial charge in [0.25, 0.3) is 0 Å². The average Bonchev–Trinajstić information content (AvgIpc) is 3.07. The predicted molar refractivity (Wildman–Crippen MR) is 72.9 cm³/mol. The zero-order chi connectivity index (χ0) is 12.6. The Morgan fingerprint density at radius 3 is 2.22 bits per heavy atom. The molecule has 0 unspecified atom stereocenters. The van der Waals surface area contributed by atoms with Crippen LogP contribution in [0, 0.1) is 0 Å². The zero-order valence-electron chi connectivity index (χ0n) is 10.2. The van der Waals surface area contributed by atoms with E-state index in [9.17, 15) is 5.11 Å². The maximum Gasteiger partial charge on any atom is 0.0917 e. The van der Waals surface area contributed by atoms with E-state index in [0.29, 0.717) is 13.2 Å². The summed E-state index contributed by atoms with van der Waals surface area (Å²) in [4.78, 5) is 1.19. The first-order valence-electron chi connectivity index (χ1n) is 6.06. The Morgan fingerprint density at radius 1 is 1.00 bits per heavy atom. The van der Waals surface area contributed by atoms with Gasteiger partial charge in [-0.25, -0.2) is 0 Å². The summed E-state index contributed by atoms with van der Waals surface area (Å²) in [5.74, 6) is 0. The maximum atomic E-state index is 9.50. The lowest BCUT2D eigenvalue weighted by Gasteiger charge is -2.10. The Morgan fingerprint density at radius 2 is 1.72 bits per heavy atom. The average molecular weight is 266 g/mol. The molecule has 1 aromatic carbocycles. The van der Waals surface area contributed by atoms with Gasteiger partial charge in [0.05, 0.1) is 37.8 Å². The van der Waals surface area contributed by atoms with Gasteiger partial charge in [-0.3, -0.25) is 0 Å². The Hall–Kier alpha value is -0.810. The molecular formula is C14H18O3S. The van der Waals surface area contributed by atoms with Crippen LogP contribution in [0.25, 0.3) is 0 Å². The molecule has 1 fully saturated rings. The van der Waals surface area contributed by atoms with Crippen molar-refractivity contribution in [2.45, 2.75) is 16.2 Å². The molecule has 0 radical (unpaired) electrons. The minimum atomic E-state index is -0.315. The van der Waals surface area contributed by atoms with Crippen LogP contribution in [0.5, 0.6) is 0 Å². The summed E-state index contributed by atoms with van der Waals surface area (Å²) in [7, 11) is 0. The van der Waals surface area contributed by atoms with E-state index in [2.05, 4.69) is 12.1 Å². The van der Waals surface area contributed by atoms with Crippen molar-refractivity contribution in [2.75, 3.05) is 26.4 Å². The van der Waals surface area contributed by atoms with E-state index in [-0.39, 0.29) is 11.4 Å². The molecule has 3 rings (SSSR count). The fraction of sp³-hybridized carbons (Fsp3) is 0.429. The lowest BCUT2D eigenvalue weighted by atomic mass is 10.3. The van der Waals surface area contributed by atoms with Crippen LogP contribution in [0.4, 0.5) is 0 Å². The van der Waals surface area contributed by atoms with Crippen molar-refractivity contribution in [1.82, 2.24) is 0 Å². The van der Waals surface area contributed by atoms with Crippen LogP contribution < -0.4 is 0 Å². The van der Waals surface area contributed by atoms with Gasteiger partial charge < -0.3 is 14.6 Å². The van der Waals surface area contributed by atoms with E-state index < -0.39 is 0 Å². The summed E-state index contributed by atoms with van der Waals surface area (Å²) >= 11 is 1.68. The van der Waals surface area contributed by atoms with Gasteiger partial charge in [0.15, 0.2) is 0 Å². The SMILES string of the molecule is C1=CCOC1.O[C@@H]1COC[C@H]1Sc1ccccc1. The lowest BCUT2D eigenvalue weighted by molar-refractivity contribution is 0.127.